The molecule has 0 spiro atoms. The Hall–Kier alpha value is -1.48. The number of halogens is 4. The van der Waals surface area contributed by atoms with E-state index in [-0.39, 0.29) is 5.82 Å². The highest BCUT2D eigenvalue weighted by Gasteiger charge is 2.12. The Morgan fingerprint density at radius 1 is 0.947 bits per heavy atom. The molecule has 0 aliphatic rings. The average Bonchev–Trinajstić information content (AvgIpc) is 2.37. The van der Waals surface area contributed by atoms with Crippen molar-refractivity contribution in [3.05, 3.63) is 70.5 Å². The van der Waals surface area contributed by atoms with Gasteiger partial charge in [-0.25, -0.2) is 13.2 Å². The van der Waals surface area contributed by atoms with E-state index in [1.54, 1.807) is 19.1 Å². The number of hydrogen-bond donors (Lipinski definition) is 0. The molecule has 0 saturated heterocycles. The van der Waals surface area contributed by atoms with Crippen LogP contribution in [0.25, 0.3) is 0 Å². The highest BCUT2D eigenvalue weighted by molar-refractivity contribution is 6.20. The third-order valence-electron chi connectivity index (χ3n) is 2.94. The monoisotopic (exact) mass is 284 g/mol. The summed E-state index contributed by atoms with van der Waals surface area (Å²) < 4.78 is 39.0. The van der Waals surface area contributed by atoms with Crippen molar-refractivity contribution >= 4 is 11.6 Å². The molecule has 2 rings (SSSR count). The summed E-state index contributed by atoms with van der Waals surface area (Å²) in [6, 6.07) is 8.30. The zero-order valence-corrected chi connectivity index (χ0v) is 11.0. The molecule has 0 aromatic heterocycles. The van der Waals surface area contributed by atoms with E-state index in [9.17, 15) is 13.2 Å². The van der Waals surface area contributed by atoms with Crippen molar-refractivity contribution in [1.29, 1.82) is 0 Å². The molecule has 0 amide bonds. The lowest BCUT2D eigenvalue weighted by molar-refractivity contribution is 0.507. The number of benzene rings is 2. The van der Waals surface area contributed by atoms with E-state index in [1.165, 1.54) is 12.1 Å². The molecular weight excluding hydrogens is 273 g/mol. The predicted molar refractivity (Wildman–Crippen MR) is 69.8 cm³/mol. The largest absolute Gasteiger partial charge is 0.207 e. The first-order chi connectivity index (χ1) is 8.97. The molecule has 100 valence electrons. The molecule has 0 aliphatic carbocycles. The van der Waals surface area contributed by atoms with E-state index in [1.807, 2.05) is 0 Å². The summed E-state index contributed by atoms with van der Waals surface area (Å²) in [5.74, 6) is -2.07. The van der Waals surface area contributed by atoms with Gasteiger partial charge in [-0.15, -0.1) is 11.6 Å². The summed E-state index contributed by atoms with van der Waals surface area (Å²) in [7, 11) is 0. The van der Waals surface area contributed by atoms with E-state index in [4.69, 9.17) is 11.6 Å². The van der Waals surface area contributed by atoms with Crippen LogP contribution in [0.5, 0.6) is 0 Å². The molecule has 2 aromatic carbocycles. The SMILES string of the molecule is Cc1cc(C(Cl)Cc2ccc(F)c(F)c2)ccc1F. The van der Waals surface area contributed by atoms with Crippen LogP contribution in [0.3, 0.4) is 0 Å². The number of alkyl halides is 1. The van der Waals surface area contributed by atoms with E-state index < -0.39 is 17.0 Å². The minimum atomic E-state index is -0.892. The van der Waals surface area contributed by atoms with Gasteiger partial charge in [-0.1, -0.05) is 18.2 Å². The quantitative estimate of drug-likeness (QED) is 0.701. The molecule has 0 saturated carbocycles. The maximum Gasteiger partial charge on any atom is 0.159 e. The zero-order valence-electron chi connectivity index (χ0n) is 10.3. The van der Waals surface area contributed by atoms with Crippen molar-refractivity contribution in [2.45, 2.75) is 18.7 Å². The van der Waals surface area contributed by atoms with Gasteiger partial charge in [0, 0.05) is 0 Å². The average molecular weight is 285 g/mol. The van der Waals surface area contributed by atoms with Crippen LogP contribution >= 0.6 is 11.6 Å². The van der Waals surface area contributed by atoms with Gasteiger partial charge in [0.15, 0.2) is 11.6 Å². The van der Waals surface area contributed by atoms with Crippen LogP contribution in [-0.2, 0) is 6.42 Å². The molecule has 0 N–H and O–H groups in total. The standard InChI is InChI=1S/C15H12ClF3/c1-9-6-11(3-5-13(9)17)12(16)7-10-2-4-14(18)15(19)8-10/h2-6,8,12H,7H2,1H3. The number of rotatable bonds is 3. The molecule has 0 heterocycles. The summed E-state index contributed by atoms with van der Waals surface area (Å²) in [5.41, 5.74) is 1.86. The normalized spacial score (nSPS) is 12.5. The van der Waals surface area contributed by atoms with E-state index in [2.05, 4.69) is 0 Å². The van der Waals surface area contributed by atoms with Gasteiger partial charge in [0.1, 0.15) is 5.82 Å². The van der Waals surface area contributed by atoms with Crippen molar-refractivity contribution in [1.82, 2.24) is 0 Å². The second-order valence-corrected chi connectivity index (χ2v) is 4.96. The van der Waals surface area contributed by atoms with Crippen LogP contribution in [0.4, 0.5) is 13.2 Å². The predicted octanol–water partition coefficient (Wildman–Crippen LogP) is 4.93. The molecule has 0 aliphatic heterocycles. The Kier molecular flexibility index (Phi) is 4.15. The van der Waals surface area contributed by atoms with Gasteiger partial charge in [0.2, 0.25) is 0 Å². The first-order valence-electron chi connectivity index (χ1n) is 5.81. The van der Waals surface area contributed by atoms with Crippen molar-refractivity contribution in [2.75, 3.05) is 0 Å². The Bertz CT molecular complexity index is 596. The minimum Gasteiger partial charge on any atom is -0.207 e. The lowest BCUT2D eigenvalue weighted by Crippen LogP contribution is -1.98. The molecule has 0 fully saturated rings. The second-order valence-electron chi connectivity index (χ2n) is 4.43. The van der Waals surface area contributed by atoms with E-state index in [0.29, 0.717) is 17.5 Å². The van der Waals surface area contributed by atoms with Gasteiger partial charge in [-0.2, -0.15) is 0 Å². The van der Waals surface area contributed by atoms with Crippen molar-refractivity contribution in [2.24, 2.45) is 0 Å². The highest BCUT2D eigenvalue weighted by Crippen LogP contribution is 2.27. The van der Waals surface area contributed by atoms with Crippen LogP contribution < -0.4 is 0 Å². The van der Waals surface area contributed by atoms with Gasteiger partial charge in [0.25, 0.3) is 0 Å². The molecule has 2 aromatic rings. The molecule has 19 heavy (non-hydrogen) atoms. The smallest absolute Gasteiger partial charge is 0.159 e. The Morgan fingerprint density at radius 2 is 1.63 bits per heavy atom. The third-order valence-corrected chi connectivity index (χ3v) is 3.35. The van der Waals surface area contributed by atoms with Crippen LogP contribution in [0.1, 0.15) is 22.1 Å². The molecule has 1 atom stereocenters. The van der Waals surface area contributed by atoms with Crippen LogP contribution in [0.2, 0.25) is 0 Å². The maximum atomic E-state index is 13.2. The lowest BCUT2D eigenvalue weighted by Gasteiger charge is -2.11. The summed E-state index contributed by atoms with van der Waals surface area (Å²) >= 11 is 6.22. The zero-order chi connectivity index (χ0) is 14.0. The number of aryl methyl sites for hydroxylation is 1. The minimum absolute atomic E-state index is 0.291. The molecule has 0 nitrogen and oxygen atoms in total. The fourth-order valence-corrected chi connectivity index (χ4v) is 2.17. The second kappa shape index (κ2) is 5.66. The van der Waals surface area contributed by atoms with Crippen LogP contribution in [0, 0.1) is 24.4 Å². The third kappa shape index (κ3) is 3.29. The highest BCUT2D eigenvalue weighted by atomic mass is 35.5. The van der Waals surface area contributed by atoms with Crippen molar-refractivity contribution in [3.8, 4) is 0 Å². The topological polar surface area (TPSA) is 0 Å². The summed E-state index contributed by atoms with van der Waals surface area (Å²) in [6.07, 6.45) is 0.351. The first-order valence-corrected chi connectivity index (χ1v) is 6.25. The molecule has 0 radical (unpaired) electrons. The Balaban J connectivity index is 2.17. The summed E-state index contributed by atoms with van der Waals surface area (Å²) in [6.45, 7) is 1.65. The fourth-order valence-electron chi connectivity index (χ4n) is 1.85. The maximum absolute atomic E-state index is 13.2. The lowest BCUT2D eigenvalue weighted by atomic mass is 10.0. The first kappa shape index (κ1) is 13.9. The van der Waals surface area contributed by atoms with Crippen molar-refractivity contribution < 1.29 is 13.2 Å². The number of hydrogen-bond acceptors (Lipinski definition) is 0. The van der Waals surface area contributed by atoms with Gasteiger partial charge >= 0.3 is 0 Å². The fraction of sp³-hybridized carbons (Fsp3) is 0.200. The Morgan fingerprint density at radius 3 is 2.26 bits per heavy atom. The van der Waals surface area contributed by atoms with Gasteiger partial charge in [-0.3, -0.25) is 0 Å². The van der Waals surface area contributed by atoms with Gasteiger partial charge in [0.05, 0.1) is 5.38 Å². The molecular formula is C15H12ClF3. The van der Waals surface area contributed by atoms with Crippen LogP contribution in [-0.4, -0.2) is 0 Å². The van der Waals surface area contributed by atoms with E-state index >= 15 is 0 Å². The van der Waals surface area contributed by atoms with E-state index in [0.717, 1.165) is 17.7 Å². The van der Waals surface area contributed by atoms with Gasteiger partial charge in [-0.05, 0) is 48.2 Å². The van der Waals surface area contributed by atoms with Crippen molar-refractivity contribution in [3.63, 3.8) is 0 Å². The molecule has 1 unspecified atom stereocenters. The Labute approximate surface area is 114 Å². The van der Waals surface area contributed by atoms with Gasteiger partial charge < -0.3 is 0 Å². The molecule has 0 bridgehead atoms. The summed E-state index contributed by atoms with van der Waals surface area (Å²) in [5, 5.41) is -0.413. The molecule has 4 heteroatoms. The summed E-state index contributed by atoms with van der Waals surface area (Å²) in [4.78, 5) is 0. The van der Waals surface area contributed by atoms with Crippen LogP contribution in [0.15, 0.2) is 36.4 Å².